The van der Waals surface area contributed by atoms with Gasteiger partial charge in [0.25, 0.3) is 0 Å². The molecule has 0 aromatic carbocycles. The Morgan fingerprint density at radius 3 is 3.00 bits per heavy atom. The maximum absolute atomic E-state index is 11.0. The van der Waals surface area contributed by atoms with Crippen LogP contribution in [0, 0.1) is 5.92 Å². The molecule has 1 rings (SSSR count). The van der Waals surface area contributed by atoms with E-state index < -0.39 is 0 Å². The largest absolute Gasteiger partial charge is 0.394 e. The highest BCUT2D eigenvalue weighted by atomic mass is 16.5. The van der Waals surface area contributed by atoms with Gasteiger partial charge in [0, 0.05) is 25.9 Å². The minimum Gasteiger partial charge on any atom is -0.394 e. The molecule has 1 saturated heterocycles. The van der Waals surface area contributed by atoms with Crippen molar-refractivity contribution in [3.8, 4) is 0 Å². The van der Waals surface area contributed by atoms with Crippen molar-refractivity contribution in [2.75, 3.05) is 32.9 Å². The van der Waals surface area contributed by atoms with Gasteiger partial charge >= 0.3 is 0 Å². The number of likely N-dealkylation sites (tertiary alicyclic amines) is 1. The van der Waals surface area contributed by atoms with Crippen LogP contribution < -0.4 is 0 Å². The number of aliphatic hydroxyl groups is 1. The van der Waals surface area contributed by atoms with Gasteiger partial charge in [-0.1, -0.05) is 0 Å². The van der Waals surface area contributed by atoms with Crippen molar-refractivity contribution in [2.24, 2.45) is 5.92 Å². The molecule has 0 unspecified atom stereocenters. The number of aliphatic hydroxyl groups excluding tert-OH is 1. The van der Waals surface area contributed by atoms with Gasteiger partial charge in [0.2, 0.25) is 5.91 Å². The van der Waals surface area contributed by atoms with E-state index in [9.17, 15) is 4.79 Å². The molecule has 0 aromatic heterocycles. The van der Waals surface area contributed by atoms with E-state index in [2.05, 4.69) is 0 Å². The molecule has 1 aliphatic heterocycles. The van der Waals surface area contributed by atoms with Crippen LogP contribution in [0.3, 0.4) is 0 Å². The van der Waals surface area contributed by atoms with Crippen LogP contribution in [-0.2, 0) is 9.53 Å². The summed E-state index contributed by atoms with van der Waals surface area (Å²) in [6.07, 6.45) is 1.02. The summed E-state index contributed by atoms with van der Waals surface area (Å²) < 4.78 is 5.21. The number of hydrogen-bond donors (Lipinski definition) is 1. The topological polar surface area (TPSA) is 49.8 Å². The Balaban J connectivity index is 2.14. The van der Waals surface area contributed by atoms with Crippen LogP contribution in [0.5, 0.6) is 0 Å². The van der Waals surface area contributed by atoms with Gasteiger partial charge in [-0.15, -0.1) is 0 Å². The number of carbonyl (C=O) groups is 1. The first-order chi connectivity index (χ1) is 6.24. The van der Waals surface area contributed by atoms with Crippen molar-refractivity contribution < 1.29 is 14.6 Å². The van der Waals surface area contributed by atoms with E-state index in [-0.39, 0.29) is 12.5 Å². The Morgan fingerprint density at radius 1 is 1.69 bits per heavy atom. The summed E-state index contributed by atoms with van der Waals surface area (Å²) in [5.74, 6) is 0.597. The Bertz CT molecular complexity index is 172. The molecule has 76 valence electrons. The van der Waals surface area contributed by atoms with Gasteiger partial charge in [-0.3, -0.25) is 4.79 Å². The van der Waals surface area contributed by atoms with E-state index >= 15 is 0 Å². The van der Waals surface area contributed by atoms with Crippen LogP contribution in [0.25, 0.3) is 0 Å². The maximum atomic E-state index is 11.0. The molecule has 1 fully saturated rings. The van der Waals surface area contributed by atoms with Gasteiger partial charge in [-0.2, -0.15) is 0 Å². The molecular weight excluding hydrogens is 170 g/mol. The number of rotatable bonds is 4. The third kappa shape index (κ3) is 3.32. The fourth-order valence-electron chi connectivity index (χ4n) is 1.57. The van der Waals surface area contributed by atoms with E-state index in [1.807, 2.05) is 4.90 Å². The standard InChI is InChI=1S/C9H17NO3/c1-8(12)10-3-2-9(6-10)7-13-5-4-11/h9,11H,2-7H2,1H3/t9-/m0/s1. The predicted octanol–water partition coefficient (Wildman–Crippen LogP) is -0.136. The summed E-state index contributed by atoms with van der Waals surface area (Å²) in [7, 11) is 0. The average molecular weight is 187 g/mol. The SMILES string of the molecule is CC(=O)N1CC[C@H](COCCO)C1. The highest BCUT2D eigenvalue weighted by Gasteiger charge is 2.23. The summed E-state index contributed by atoms with van der Waals surface area (Å²) in [4.78, 5) is 12.8. The van der Waals surface area contributed by atoms with Crippen LogP contribution in [-0.4, -0.2) is 48.8 Å². The van der Waals surface area contributed by atoms with E-state index in [4.69, 9.17) is 9.84 Å². The second kappa shape index (κ2) is 5.19. The molecule has 1 aliphatic rings. The molecule has 4 heteroatoms. The van der Waals surface area contributed by atoms with Crippen molar-refractivity contribution in [1.82, 2.24) is 4.90 Å². The number of carbonyl (C=O) groups excluding carboxylic acids is 1. The fraction of sp³-hybridized carbons (Fsp3) is 0.889. The van der Waals surface area contributed by atoms with Crippen LogP contribution in [0.1, 0.15) is 13.3 Å². The maximum Gasteiger partial charge on any atom is 0.219 e. The first-order valence-corrected chi connectivity index (χ1v) is 4.68. The Hall–Kier alpha value is -0.610. The second-order valence-corrected chi connectivity index (χ2v) is 3.42. The summed E-state index contributed by atoms with van der Waals surface area (Å²) in [6.45, 7) is 4.38. The Labute approximate surface area is 78.5 Å². The molecule has 0 radical (unpaired) electrons. The van der Waals surface area contributed by atoms with Crippen molar-refractivity contribution >= 4 is 5.91 Å². The number of ether oxygens (including phenoxy) is 1. The average Bonchev–Trinajstić information content (AvgIpc) is 2.53. The first kappa shape index (κ1) is 10.5. The van der Waals surface area contributed by atoms with Gasteiger partial charge in [0.15, 0.2) is 0 Å². The van der Waals surface area contributed by atoms with Crippen LogP contribution >= 0.6 is 0 Å². The minimum atomic E-state index is 0.0726. The number of hydrogen-bond acceptors (Lipinski definition) is 3. The molecular formula is C9H17NO3. The zero-order valence-corrected chi connectivity index (χ0v) is 8.03. The third-order valence-electron chi connectivity index (χ3n) is 2.32. The van der Waals surface area contributed by atoms with E-state index in [1.54, 1.807) is 6.92 Å². The molecule has 0 aliphatic carbocycles. The number of nitrogens with zero attached hydrogens (tertiary/aromatic N) is 1. The van der Waals surface area contributed by atoms with Gasteiger partial charge in [-0.05, 0) is 6.42 Å². The lowest BCUT2D eigenvalue weighted by atomic mass is 10.1. The molecule has 13 heavy (non-hydrogen) atoms. The van der Waals surface area contributed by atoms with Crippen LogP contribution in [0.2, 0.25) is 0 Å². The molecule has 0 spiro atoms. The third-order valence-corrected chi connectivity index (χ3v) is 2.32. The van der Waals surface area contributed by atoms with Gasteiger partial charge in [0.05, 0.1) is 19.8 Å². The first-order valence-electron chi connectivity index (χ1n) is 4.68. The molecule has 0 aromatic rings. The molecule has 4 nitrogen and oxygen atoms in total. The van der Waals surface area contributed by atoms with Crippen molar-refractivity contribution in [1.29, 1.82) is 0 Å². The monoisotopic (exact) mass is 187 g/mol. The van der Waals surface area contributed by atoms with E-state index in [0.29, 0.717) is 19.1 Å². The Kier molecular flexibility index (Phi) is 4.18. The van der Waals surface area contributed by atoms with Gasteiger partial charge < -0.3 is 14.7 Å². The van der Waals surface area contributed by atoms with E-state index in [0.717, 1.165) is 19.5 Å². The van der Waals surface area contributed by atoms with Crippen molar-refractivity contribution in [3.05, 3.63) is 0 Å². The smallest absolute Gasteiger partial charge is 0.219 e. The highest BCUT2D eigenvalue weighted by molar-refractivity contribution is 5.73. The van der Waals surface area contributed by atoms with Crippen molar-refractivity contribution in [2.45, 2.75) is 13.3 Å². The molecule has 0 bridgehead atoms. The van der Waals surface area contributed by atoms with Gasteiger partial charge in [-0.25, -0.2) is 0 Å². The van der Waals surface area contributed by atoms with Crippen LogP contribution in [0.4, 0.5) is 0 Å². The highest BCUT2D eigenvalue weighted by Crippen LogP contribution is 2.16. The van der Waals surface area contributed by atoms with Gasteiger partial charge in [0.1, 0.15) is 0 Å². The summed E-state index contributed by atoms with van der Waals surface area (Å²) >= 11 is 0. The quantitative estimate of drug-likeness (QED) is 0.623. The molecule has 1 heterocycles. The fourth-order valence-corrected chi connectivity index (χ4v) is 1.57. The molecule has 0 saturated carbocycles. The summed E-state index contributed by atoms with van der Waals surface area (Å²) in [5.41, 5.74) is 0. The summed E-state index contributed by atoms with van der Waals surface area (Å²) in [5, 5.41) is 8.49. The summed E-state index contributed by atoms with van der Waals surface area (Å²) in [6, 6.07) is 0. The molecule has 1 amide bonds. The number of amides is 1. The lowest BCUT2D eigenvalue weighted by Gasteiger charge is -2.13. The van der Waals surface area contributed by atoms with E-state index in [1.165, 1.54) is 0 Å². The predicted molar refractivity (Wildman–Crippen MR) is 48.3 cm³/mol. The van der Waals surface area contributed by atoms with Crippen molar-refractivity contribution in [3.63, 3.8) is 0 Å². The Morgan fingerprint density at radius 2 is 2.46 bits per heavy atom. The van der Waals surface area contributed by atoms with Crippen LogP contribution in [0.15, 0.2) is 0 Å². The zero-order chi connectivity index (χ0) is 9.68. The molecule has 1 N–H and O–H groups in total. The normalized spacial score (nSPS) is 22.3. The zero-order valence-electron chi connectivity index (χ0n) is 8.03. The second-order valence-electron chi connectivity index (χ2n) is 3.42. The minimum absolute atomic E-state index is 0.0726. The lowest BCUT2D eigenvalue weighted by molar-refractivity contribution is -0.128. The molecule has 1 atom stereocenters. The lowest BCUT2D eigenvalue weighted by Crippen LogP contribution is -2.26.